The van der Waals surface area contributed by atoms with Gasteiger partial charge >= 0.3 is 0 Å². The van der Waals surface area contributed by atoms with Gasteiger partial charge in [0.05, 0.1) is 11.5 Å². The van der Waals surface area contributed by atoms with Crippen LogP contribution in [-0.4, -0.2) is 42.9 Å². The highest BCUT2D eigenvalue weighted by Gasteiger charge is 2.09. The van der Waals surface area contributed by atoms with Gasteiger partial charge in [0, 0.05) is 32.4 Å². The summed E-state index contributed by atoms with van der Waals surface area (Å²) in [5.41, 5.74) is 0.682. The molecule has 8 heteroatoms. The molecule has 0 aliphatic rings. The number of pyridine rings is 1. The number of hydrogen-bond donors (Lipinski definition) is 1. The summed E-state index contributed by atoms with van der Waals surface area (Å²) < 4.78 is 9.90. The first-order valence-corrected chi connectivity index (χ1v) is 6.48. The van der Waals surface area contributed by atoms with Crippen molar-refractivity contribution < 1.29 is 19.2 Å². The van der Waals surface area contributed by atoms with Gasteiger partial charge in [-0.3, -0.25) is 19.9 Å². The van der Waals surface area contributed by atoms with Crippen LogP contribution in [0.4, 0.5) is 5.69 Å². The summed E-state index contributed by atoms with van der Waals surface area (Å²) in [6.07, 6.45) is 2.31. The van der Waals surface area contributed by atoms with Gasteiger partial charge in [0.25, 0.3) is 5.69 Å². The van der Waals surface area contributed by atoms with Gasteiger partial charge in [0.2, 0.25) is 5.91 Å². The van der Waals surface area contributed by atoms with Gasteiger partial charge in [0.1, 0.15) is 6.20 Å². The summed E-state index contributed by atoms with van der Waals surface area (Å²) in [6, 6.07) is 3.01. The number of nitrogens with one attached hydrogen (secondary N) is 1. The number of amides is 1. The minimum absolute atomic E-state index is 0.0401. The number of carbonyl (C=O) groups is 1. The molecule has 21 heavy (non-hydrogen) atoms. The third-order valence-corrected chi connectivity index (χ3v) is 2.85. The molecule has 0 radical (unpaired) electrons. The van der Waals surface area contributed by atoms with Crippen molar-refractivity contribution >= 4 is 11.6 Å². The third kappa shape index (κ3) is 6.28. The second-order valence-corrected chi connectivity index (χ2v) is 4.32. The van der Waals surface area contributed by atoms with E-state index < -0.39 is 11.2 Å². The molecule has 0 saturated heterocycles. The Hall–Kier alpha value is -2.06. The topological polar surface area (TPSA) is 104 Å². The average Bonchev–Trinajstić information content (AvgIpc) is 2.49. The molecule has 116 valence electrons. The van der Waals surface area contributed by atoms with Gasteiger partial charge < -0.3 is 14.8 Å². The fraction of sp³-hybridized carbons (Fsp3) is 0.538. The molecular formula is C13H19N3O5. The number of nitro groups is 1. The van der Waals surface area contributed by atoms with Crippen LogP contribution in [0.15, 0.2) is 18.3 Å². The number of hydrogen-bond acceptors (Lipinski definition) is 6. The Kier molecular flexibility index (Phi) is 7.27. The van der Waals surface area contributed by atoms with Gasteiger partial charge in [-0.2, -0.15) is 0 Å². The summed E-state index contributed by atoms with van der Waals surface area (Å²) >= 11 is 0. The number of nitrogens with zero attached hydrogens (tertiary/aromatic N) is 2. The molecular weight excluding hydrogens is 278 g/mol. The lowest BCUT2D eigenvalue weighted by Crippen LogP contribution is -2.34. The van der Waals surface area contributed by atoms with E-state index in [0.717, 1.165) is 5.69 Å². The fourth-order valence-corrected chi connectivity index (χ4v) is 1.65. The van der Waals surface area contributed by atoms with Crippen LogP contribution >= 0.6 is 0 Å². The van der Waals surface area contributed by atoms with E-state index in [1.807, 2.05) is 0 Å². The predicted octanol–water partition coefficient (Wildman–Crippen LogP) is 1.05. The molecule has 1 heterocycles. The molecule has 8 nitrogen and oxygen atoms in total. The monoisotopic (exact) mass is 297 g/mol. The highest BCUT2D eigenvalue weighted by Crippen LogP contribution is 2.10. The van der Waals surface area contributed by atoms with E-state index in [1.54, 1.807) is 6.07 Å². The first-order chi connectivity index (χ1) is 10.1. The van der Waals surface area contributed by atoms with E-state index in [4.69, 9.17) is 9.47 Å². The molecule has 1 rings (SSSR count). The van der Waals surface area contributed by atoms with E-state index >= 15 is 0 Å². The van der Waals surface area contributed by atoms with Crippen LogP contribution in [0.25, 0.3) is 0 Å². The van der Waals surface area contributed by atoms with Crippen molar-refractivity contribution in [2.75, 3.05) is 20.8 Å². The van der Waals surface area contributed by atoms with E-state index in [-0.39, 0.29) is 11.6 Å². The van der Waals surface area contributed by atoms with Gasteiger partial charge in [0.15, 0.2) is 6.29 Å². The molecule has 0 unspecified atom stereocenters. The predicted molar refractivity (Wildman–Crippen MR) is 74.6 cm³/mol. The zero-order valence-corrected chi connectivity index (χ0v) is 12.1. The molecule has 1 amide bonds. The molecule has 0 fully saturated rings. The number of rotatable bonds is 9. The van der Waals surface area contributed by atoms with Crippen LogP contribution in [0, 0.1) is 10.1 Å². The Balaban J connectivity index is 2.26. The summed E-state index contributed by atoms with van der Waals surface area (Å²) in [4.78, 5) is 25.6. The van der Waals surface area contributed by atoms with Gasteiger partial charge in [-0.05, 0) is 18.9 Å². The van der Waals surface area contributed by atoms with Gasteiger partial charge in [-0.25, -0.2) is 0 Å². The van der Waals surface area contributed by atoms with Gasteiger partial charge in [-0.15, -0.1) is 0 Å². The number of aryl methyl sites for hydroxylation is 1. The Bertz CT molecular complexity index is 459. The maximum Gasteiger partial charge on any atom is 0.287 e. The van der Waals surface area contributed by atoms with E-state index in [0.29, 0.717) is 25.8 Å². The molecule has 0 aliphatic heterocycles. The van der Waals surface area contributed by atoms with Crippen molar-refractivity contribution in [2.24, 2.45) is 0 Å². The Morgan fingerprint density at radius 2 is 2.14 bits per heavy atom. The Morgan fingerprint density at radius 3 is 2.67 bits per heavy atom. The largest absolute Gasteiger partial charge is 0.354 e. The van der Waals surface area contributed by atoms with Crippen molar-refractivity contribution in [2.45, 2.75) is 25.6 Å². The van der Waals surface area contributed by atoms with Crippen molar-refractivity contribution in [3.05, 3.63) is 34.1 Å². The normalized spacial score (nSPS) is 10.6. The lowest BCUT2D eigenvalue weighted by molar-refractivity contribution is -0.385. The first kappa shape index (κ1) is 17.0. The molecule has 0 aromatic carbocycles. The second kappa shape index (κ2) is 8.98. The molecule has 0 bridgehead atoms. The second-order valence-electron chi connectivity index (χ2n) is 4.32. The lowest BCUT2D eigenvalue weighted by Gasteiger charge is -2.13. The molecule has 1 aromatic rings. The number of aromatic nitrogens is 1. The fourth-order valence-electron chi connectivity index (χ4n) is 1.65. The van der Waals surface area contributed by atoms with Gasteiger partial charge in [-0.1, -0.05) is 0 Å². The summed E-state index contributed by atoms with van der Waals surface area (Å²) in [5, 5.41) is 13.2. The van der Waals surface area contributed by atoms with E-state index in [2.05, 4.69) is 10.3 Å². The highest BCUT2D eigenvalue weighted by atomic mass is 16.7. The van der Waals surface area contributed by atoms with Crippen LogP contribution in [0.5, 0.6) is 0 Å². The molecule has 0 saturated carbocycles. The maximum absolute atomic E-state index is 11.6. The Labute approximate surface area is 122 Å². The van der Waals surface area contributed by atoms with Crippen molar-refractivity contribution in [1.29, 1.82) is 0 Å². The minimum atomic E-state index is -0.494. The standard InChI is InChI=1S/C13H19N3O5/c1-20-13(21-2)9-15-12(17)5-3-4-10-6-7-11(8-14-10)16(18)19/h6-8,13H,3-5,9H2,1-2H3,(H,15,17). The quantitative estimate of drug-likeness (QED) is 0.415. The van der Waals surface area contributed by atoms with E-state index in [1.165, 1.54) is 26.5 Å². The minimum Gasteiger partial charge on any atom is -0.354 e. The van der Waals surface area contributed by atoms with Crippen molar-refractivity contribution in [3.8, 4) is 0 Å². The summed E-state index contributed by atoms with van der Waals surface area (Å²) in [6.45, 7) is 0.293. The Morgan fingerprint density at radius 1 is 1.43 bits per heavy atom. The molecule has 0 spiro atoms. The van der Waals surface area contributed by atoms with Crippen LogP contribution in [-0.2, 0) is 20.7 Å². The summed E-state index contributed by atoms with van der Waals surface area (Å²) in [5.74, 6) is -0.101. The molecule has 0 atom stereocenters. The first-order valence-electron chi connectivity index (χ1n) is 6.48. The van der Waals surface area contributed by atoms with Crippen molar-refractivity contribution in [3.63, 3.8) is 0 Å². The molecule has 1 N–H and O–H groups in total. The zero-order valence-electron chi connectivity index (χ0n) is 12.1. The molecule has 0 aliphatic carbocycles. The summed E-state index contributed by atoms with van der Waals surface area (Å²) in [7, 11) is 3.00. The van der Waals surface area contributed by atoms with E-state index in [9.17, 15) is 14.9 Å². The highest BCUT2D eigenvalue weighted by molar-refractivity contribution is 5.75. The number of carbonyl (C=O) groups excluding carboxylic acids is 1. The molecule has 1 aromatic heterocycles. The smallest absolute Gasteiger partial charge is 0.287 e. The zero-order chi connectivity index (χ0) is 15.7. The van der Waals surface area contributed by atoms with Crippen molar-refractivity contribution in [1.82, 2.24) is 10.3 Å². The maximum atomic E-state index is 11.6. The lowest BCUT2D eigenvalue weighted by atomic mass is 10.1. The average molecular weight is 297 g/mol. The van der Waals surface area contributed by atoms with Crippen LogP contribution in [0.3, 0.4) is 0 Å². The number of methoxy groups -OCH3 is 2. The van der Waals surface area contributed by atoms with Crippen LogP contribution in [0.1, 0.15) is 18.5 Å². The number of ether oxygens (including phenoxy) is 2. The van der Waals surface area contributed by atoms with Crippen LogP contribution in [0.2, 0.25) is 0 Å². The SMILES string of the molecule is COC(CNC(=O)CCCc1ccc([N+](=O)[O-])cn1)OC. The third-order valence-electron chi connectivity index (χ3n) is 2.85. The van der Waals surface area contributed by atoms with Crippen LogP contribution < -0.4 is 5.32 Å².